The fourth-order valence-corrected chi connectivity index (χ4v) is 6.64. The van der Waals surface area contributed by atoms with Gasteiger partial charge in [0, 0.05) is 17.8 Å². The Labute approximate surface area is 231 Å². The molecule has 0 aliphatic heterocycles. The monoisotopic (exact) mass is 556 g/mol. The lowest BCUT2D eigenvalue weighted by molar-refractivity contribution is -0.143. The van der Waals surface area contributed by atoms with Gasteiger partial charge in [-0.15, -0.1) is 0 Å². The van der Waals surface area contributed by atoms with Crippen molar-refractivity contribution >= 4 is 23.5 Å². The molecule has 0 aromatic heterocycles. The van der Waals surface area contributed by atoms with E-state index in [0.717, 1.165) is 25.3 Å². The molecule has 214 valence electrons. The first-order valence-corrected chi connectivity index (χ1v) is 13.8. The second-order valence-electron chi connectivity index (χ2n) is 11.1. The molecular weight excluding hydrogens is 522 g/mol. The highest BCUT2D eigenvalue weighted by Gasteiger charge is 2.51. The fraction of sp³-hybridized carbons (Fsp3) is 0.500. The van der Waals surface area contributed by atoms with Crippen molar-refractivity contribution in [3.05, 3.63) is 53.3 Å². The second-order valence-corrected chi connectivity index (χ2v) is 11.1. The molecule has 0 spiro atoms. The number of carbonyl (C=O) groups excluding carboxylic acids is 2. The van der Waals surface area contributed by atoms with E-state index in [-0.39, 0.29) is 40.9 Å². The van der Waals surface area contributed by atoms with Crippen molar-refractivity contribution < 1.29 is 37.7 Å². The summed E-state index contributed by atoms with van der Waals surface area (Å²) in [6.45, 7) is -0.634. The zero-order valence-corrected chi connectivity index (χ0v) is 22.3. The summed E-state index contributed by atoms with van der Waals surface area (Å²) in [6, 6.07) is 8.64. The first kappa shape index (κ1) is 27.9. The third kappa shape index (κ3) is 5.76. The van der Waals surface area contributed by atoms with Crippen LogP contribution in [0.3, 0.4) is 0 Å². The summed E-state index contributed by atoms with van der Waals surface area (Å²) in [4.78, 5) is 38.1. The van der Waals surface area contributed by atoms with E-state index in [2.05, 4.69) is 10.6 Å². The number of carboxylic acid groups (broad SMARTS) is 1. The van der Waals surface area contributed by atoms with E-state index in [9.17, 15) is 28.3 Å². The highest BCUT2D eigenvalue weighted by Crippen LogP contribution is 2.49. The van der Waals surface area contributed by atoms with Crippen LogP contribution in [-0.4, -0.2) is 42.1 Å². The number of hydrogen-bond acceptors (Lipinski definition) is 5. The van der Waals surface area contributed by atoms with Crippen molar-refractivity contribution in [3.63, 3.8) is 0 Å². The number of anilines is 1. The molecule has 5 rings (SSSR count). The molecular formula is C30H34F2N2O6. The van der Waals surface area contributed by atoms with Crippen molar-refractivity contribution in [2.45, 2.75) is 63.8 Å². The van der Waals surface area contributed by atoms with Crippen molar-refractivity contribution in [1.82, 2.24) is 5.32 Å². The van der Waals surface area contributed by atoms with Gasteiger partial charge < -0.3 is 25.2 Å². The first-order chi connectivity index (χ1) is 19.3. The van der Waals surface area contributed by atoms with Crippen LogP contribution in [0.15, 0.2) is 36.4 Å². The predicted octanol–water partition coefficient (Wildman–Crippen LogP) is 5.11. The summed E-state index contributed by atoms with van der Waals surface area (Å²) in [5, 5.41) is 15.1. The van der Waals surface area contributed by atoms with E-state index < -0.39 is 42.2 Å². The van der Waals surface area contributed by atoms with E-state index in [1.54, 1.807) is 24.3 Å². The predicted molar refractivity (Wildman–Crippen MR) is 142 cm³/mol. The maximum absolute atomic E-state index is 14.9. The number of fused-ring (bicyclic) bond motifs is 2. The first-order valence-electron chi connectivity index (χ1n) is 13.8. The van der Waals surface area contributed by atoms with E-state index in [1.807, 2.05) is 0 Å². The molecule has 3 saturated carbocycles. The molecule has 0 heterocycles. The number of benzene rings is 2. The van der Waals surface area contributed by atoms with Gasteiger partial charge in [-0.3, -0.25) is 14.4 Å². The Balaban J connectivity index is 1.31. The largest absolute Gasteiger partial charge is 0.496 e. The van der Waals surface area contributed by atoms with Gasteiger partial charge in [0.2, 0.25) is 5.91 Å². The summed E-state index contributed by atoms with van der Waals surface area (Å²) in [7, 11) is 1.35. The Kier molecular flexibility index (Phi) is 8.23. The molecule has 2 aromatic rings. The number of carbonyl (C=O) groups is 3. The number of alkyl halides is 1. The van der Waals surface area contributed by atoms with E-state index in [1.165, 1.54) is 13.2 Å². The standard InChI is InChI=1S/C30H34F2N2O6/c1-39-24-14-23(32)25(40-21-9-7-17(8-10-21)30(37)38)13-22(24)28(35)34-27-19-6-5-18(12-19)26(27)29(36)33-20-4-2-3-16(11-20)15-31/h2-4,11,13-14,17-19,21,26-27H,5-10,12,15H2,1H3,(H,33,36)(H,34,35)(H,37,38)/t17?,18-,19+,21?,26+,27-/m1/s1. The molecule has 8 nitrogen and oxygen atoms in total. The number of rotatable bonds is 9. The quantitative estimate of drug-likeness (QED) is 0.396. The summed E-state index contributed by atoms with van der Waals surface area (Å²) in [6.07, 6.45) is 4.07. The number of aliphatic carboxylic acids is 1. The van der Waals surface area contributed by atoms with Gasteiger partial charge in [0.05, 0.1) is 30.6 Å². The molecule has 3 aliphatic carbocycles. The molecule has 2 amide bonds. The Morgan fingerprint density at radius 1 is 1.00 bits per heavy atom. The molecule has 0 saturated heterocycles. The zero-order valence-electron chi connectivity index (χ0n) is 22.3. The third-order valence-electron chi connectivity index (χ3n) is 8.68. The molecule has 3 aliphatic rings. The molecule has 2 aromatic carbocycles. The van der Waals surface area contributed by atoms with Crippen LogP contribution in [0.4, 0.5) is 14.5 Å². The molecule has 10 heteroatoms. The number of halogens is 2. The van der Waals surface area contributed by atoms with Crippen molar-refractivity contribution in [2.75, 3.05) is 12.4 Å². The summed E-state index contributed by atoms with van der Waals surface area (Å²) in [5.74, 6) is -2.92. The molecule has 40 heavy (non-hydrogen) atoms. The molecule has 3 fully saturated rings. The minimum Gasteiger partial charge on any atom is -0.496 e. The normalized spacial score (nSPS) is 27.2. The maximum Gasteiger partial charge on any atom is 0.306 e. The van der Waals surface area contributed by atoms with Crippen LogP contribution < -0.4 is 20.1 Å². The molecule has 0 radical (unpaired) electrons. The second kappa shape index (κ2) is 11.8. The summed E-state index contributed by atoms with van der Waals surface area (Å²) in [5.41, 5.74) is 1.06. The van der Waals surface area contributed by atoms with Gasteiger partial charge in [0.25, 0.3) is 5.91 Å². The van der Waals surface area contributed by atoms with Gasteiger partial charge in [-0.1, -0.05) is 12.1 Å². The summed E-state index contributed by atoms with van der Waals surface area (Å²) >= 11 is 0. The van der Waals surface area contributed by atoms with Gasteiger partial charge in [-0.05, 0) is 80.5 Å². The van der Waals surface area contributed by atoms with Crippen LogP contribution in [0.1, 0.15) is 60.9 Å². The van der Waals surface area contributed by atoms with Crippen LogP contribution in [0.25, 0.3) is 0 Å². The minimum absolute atomic E-state index is 0.0455. The van der Waals surface area contributed by atoms with Gasteiger partial charge in [0.1, 0.15) is 12.4 Å². The highest BCUT2D eigenvalue weighted by molar-refractivity contribution is 5.99. The van der Waals surface area contributed by atoms with Crippen LogP contribution in [0.5, 0.6) is 11.5 Å². The lowest BCUT2D eigenvalue weighted by Gasteiger charge is -2.31. The molecule has 4 atom stereocenters. The highest BCUT2D eigenvalue weighted by atomic mass is 19.1. The maximum atomic E-state index is 14.9. The molecule has 2 bridgehead atoms. The average molecular weight is 557 g/mol. The fourth-order valence-electron chi connectivity index (χ4n) is 6.64. The Morgan fingerprint density at radius 3 is 2.45 bits per heavy atom. The van der Waals surface area contributed by atoms with Gasteiger partial charge >= 0.3 is 5.97 Å². The van der Waals surface area contributed by atoms with Crippen LogP contribution in [0.2, 0.25) is 0 Å². The number of methoxy groups -OCH3 is 1. The minimum atomic E-state index is -0.839. The number of nitrogens with one attached hydrogen (secondary N) is 2. The Bertz CT molecular complexity index is 1280. The van der Waals surface area contributed by atoms with Crippen molar-refractivity contribution in [2.24, 2.45) is 23.7 Å². The zero-order chi connectivity index (χ0) is 28.4. The van der Waals surface area contributed by atoms with E-state index in [4.69, 9.17) is 9.47 Å². The van der Waals surface area contributed by atoms with Crippen LogP contribution in [0, 0.1) is 29.5 Å². The van der Waals surface area contributed by atoms with Gasteiger partial charge in [-0.2, -0.15) is 0 Å². The number of amides is 2. The van der Waals surface area contributed by atoms with Crippen LogP contribution >= 0.6 is 0 Å². The Morgan fingerprint density at radius 2 is 1.75 bits per heavy atom. The SMILES string of the molecule is COc1cc(F)c(OC2CCC(C(=O)O)CC2)cc1C(=O)N[C@@H]1[C@H]2CC[C@H](C2)[C@@H]1C(=O)Nc1cccc(CF)c1. The van der Waals surface area contributed by atoms with Crippen molar-refractivity contribution in [1.29, 1.82) is 0 Å². The van der Waals surface area contributed by atoms with E-state index in [0.29, 0.717) is 36.9 Å². The molecule has 0 unspecified atom stereocenters. The topological polar surface area (TPSA) is 114 Å². The number of hydrogen-bond donors (Lipinski definition) is 3. The third-order valence-corrected chi connectivity index (χ3v) is 8.68. The number of ether oxygens (including phenoxy) is 2. The lowest BCUT2D eigenvalue weighted by atomic mass is 9.83. The molecule has 3 N–H and O–H groups in total. The summed E-state index contributed by atoms with van der Waals surface area (Å²) < 4.78 is 39.2. The van der Waals surface area contributed by atoms with E-state index >= 15 is 0 Å². The Hall–Kier alpha value is -3.69. The smallest absolute Gasteiger partial charge is 0.306 e. The van der Waals surface area contributed by atoms with Gasteiger partial charge in [0.15, 0.2) is 11.6 Å². The lowest BCUT2D eigenvalue weighted by Crippen LogP contribution is -2.48. The van der Waals surface area contributed by atoms with Gasteiger partial charge in [-0.25, -0.2) is 8.78 Å². The number of carboxylic acids is 1. The average Bonchev–Trinajstić information content (AvgIpc) is 3.56. The van der Waals surface area contributed by atoms with Crippen LogP contribution in [-0.2, 0) is 16.3 Å². The van der Waals surface area contributed by atoms with Crippen molar-refractivity contribution in [3.8, 4) is 11.5 Å².